The van der Waals surface area contributed by atoms with E-state index in [1.54, 1.807) is 0 Å². The predicted octanol–water partition coefficient (Wildman–Crippen LogP) is 3.43. The van der Waals surface area contributed by atoms with Crippen LogP contribution in [0.15, 0.2) is 12.1 Å². The van der Waals surface area contributed by atoms with Crippen molar-refractivity contribution in [1.82, 2.24) is 4.98 Å². The third-order valence-electron chi connectivity index (χ3n) is 4.14. The van der Waals surface area contributed by atoms with Crippen LogP contribution in [-0.4, -0.2) is 4.98 Å². The van der Waals surface area contributed by atoms with Crippen LogP contribution < -0.4 is 5.73 Å². The van der Waals surface area contributed by atoms with Crippen molar-refractivity contribution in [2.45, 2.75) is 46.0 Å². The Hall–Kier alpha value is -1.57. The molecule has 2 N–H and O–H groups in total. The van der Waals surface area contributed by atoms with Crippen molar-refractivity contribution >= 4 is 16.6 Å². The zero-order valence-electron chi connectivity index (χ0n) is 11.2. The van der Waals surface area contributed by atoms with E-state index in [1.807, 2.05) is 0 Å². The smallest absolute Gasteiger partial charge is 0.0729 e. The van der Waals surface area contributed by atoms with Crippen molar-refractivity contribution in [2.75, 3.05) is 5.73 Å². The van der Waals surface area contributed by atoms with Crippen molar-refractivity contribution in [3.05, 3.63) is 34.5 Å². The minimum absolute atomic E-state index is 0.977. The van der Waals surface area contributed by atoms with Gasteiger partial charge in [0.1, 0.15) is 0 Å². The van der Waals surface area contributed by atoms with E-state index in [0.717, 1.165) is 42.3 Å². The molecule has 94 valence electrons. The number of rotatable bonds is 2. The van der Waals surface area contributed by atoms with Gasteiger partial charge >= 0.3 is 0 Å². The van der Waals surface area contributed by atoms with Crippen LogP contribution in [0.3, 0.4) is 0 Å². The van der Waals surface area contributed by atoms with Gasteiger partial charge in [-0.3, -0.25) is 4.98 Å². The third kappa shape index (κ3) is 1.59. The molecule has 0 bridgehead atoms. The molecule has 0 fully saturated rings. The highest BCUT2D eigenvalue weighted by atomic mass is 14.7. The standard InChI is InChI=1S/C16H20N2/c1-3-10-8-13-15(9-11(10)4-2)18-14-7-5-6-12(14)16(13)17/h8-9H,3-7H2,1-2H3,(H2,17,18). The summed E-state index contributed by atoms with van der Waals surface area (Å²) in [5.74, 6) is 0. The molecule has 0 amide bonds. The molecule has 0 unspecified atom stereocenters. The Bertz CT molecular complexity index is 614. The molecular formula is C16H20N2. The Morgan fingerprint density at radius 1 is 1.11 bits per heavy atom. The van der Waals surface area contributed by atoms with Gasteiger partial charge < -0.3 is 5.73 Å². The fourth-order valence-corrected chi connectivity index (χ4v) is 3.09. The first-order valence-corrected chi connectivity index (χ1v) is 6.97. The minimum Gasteiger partial charge on any atom is -0.398 e. The molecule has 0 atom stereocenters. The molecule has 1 aliphatic rings. The summed E-state index contributed by atoms with van der Waals surface area (Å²) in [6.07, 6.45) is 5.52. The molecule has 2 nitrogen and oxygen atoms in total. The summed E-state index contributed by atoms with van der Waals surface area (Å²) in [5, 5.41) is 1.16. The highest BCUT2D eigenvalue weighted by molar-refractivity contribution is 5.93. The number of fused-ring (bicyclic) bond motifs is 2. The van der Waals surface area contributed by atoms with Crippen LogP contribution in [-0.2, 0) is 25.7 Å². The molecule has 0 radical (unpaired) electrons. The summed E-state index contributed by atoms with van der Waals surface area (Å²) in [6.45, 7) is 4.41. The molecule has 3 rings (SSSR count). The quantitative estimate of drug-likeness (QED) is 0.873. The number of aryl methyl sites for hydroxylation is 3. The largest absolute Gasteiger partial charge is 0.398 e. The Kier molecular flexibility index (Phi) is 2.73. The molecule has 1 aliphatic carbocycles. The summed E-state index contributed by atoms with van der Waals surface area (Å²) in [6, 6.07) is 4.50. The summed E-state index contributed by atoms with van der Waals surface area (Å²) in [7, 11) is 0. The van der Waals surface area contributed by atoms with E-state index >= 15 is 0 Å². The fraction of sp³-hybridized carbons (Fsp3) is 0.438. The summed E-state index contributed by atoms with van der Waals surface area (Å²) in [4.78, 5) is 4.82. The van der Waals surface area contributed by atoms with E-state index in [4.69, 9.17) is 10.7 Å². The fourth-order valence-electron chi connectivity index (χ4n) is 3.09. The molecule has 2 aromatic rings. The van der Waals surface area contributed by atoms with Crippen LogP contribution in [0.1, 0.15) is 42.7 Å². The Morgan fingerprint density at radius 2 is 1.83 bits per heavy atom. The maximum absolute atomic E-state index is 6.35. The molecule has 1 aromatic heterocycles. The molecule has 0 saturated carbocycles. The Labute approximate surface area is 108 Å². The highest BCUT2D eigenvalue weighted by Gasteiger charge is 2.18. The van der Waals surface area contributed by atoms with Crippen molar-refractivity contribution < 1.29 is 0 Å². The SMILES string of the molecule is CCc1cc2nc3c(c(N)c2cc1CC)CCC3. The second-order valence-corrected chi connectivity index (χ2v) is 5.15. The van der Waals surface area contributed by atoms with Gasteiger partial charge in [-0.1, -0.05) is 13.8 Å². The van der Waals surface area contributed by atoms with E-state index in [-0.39, 0.29) is 0 Å². The van der Waals surface area contributed by atoms with E-state index in [1.165, 1.54) is 28.8 Å². The molecule has 0 saturated heterocycles. The molecule has 1 aromatic carbocycles. The van der Waals surface area contributed by atoms with Gasteiger partial charge in [-0.15, -0.1) is 0 Å². The molecule has 2 heteroatoms. The minimum atomic E-state index is 0.977. The van der Waals surface area contributed by atoms with Gasteiger partial charge in [-0.25, -0.2) is 0 Å². The molecular weight excluding hydrogens is 220 g/mol. The van der Waals surface area contributed by atoms with Crippen molar-refractivity contribution in [1.29, 1.82) is 0 Å². The van der Waals surface area contributed by atoms with E-state index in [0.29, 0.717) is 0 Å². The van der Waals surface area contributed by atoms with Gasteiger partial charge in [0.15, 0.2) is 0 Å². The first-order chi connectivity index (χ1) is 8.74. The third-order valence-corrected chi connectivity index (χ3v) is 4.14. The monoisotopic (exact) mass is 240 g/mol. The summed E-state index contributed by atoms with van der Waals surface area (Å²) in [5.41, 5.74) is 13.8. The average molecular weight is 240 g/mol. The molecule has 0 spiro atoms. The van der Waals surface area contributed by atoms with Gasteiger partial charge in [0, 0.05) is 16.8 Å². The number of hydrogen-bond acceptors (Lipinski definition) is 2. The van der Waals surface area contributed by atoms with Crippen molar-refractivity contribution in [2.24, 2.45) is 0 Å². The summed E-state index contributed by atoms with van der Waals surface area (Å²) >= 11 is 0. The van der Waals surface area contributed by atoms with Gasteiger partial charge in [-0.05, 0) is 60.9 Å². The number of nitrogens with zero attached hydrogens (tertiary/aromatic N) is 1. The van der Waals surface area contributed by atoms with Crippen molar-refractivity contribution in [3.63, 3.8) is 0 Å². The zero-order valence-corrected chi connectivity index (χ0v) is 11.2. The van der Waals surface area contributed by atoms with Gasteiger partial charge in [0.25, 0.3) is 0 Å². The lowest BCUT2D eigenvalue weighted by atomic mass is 9.98. The highest BCUT2D eigenvalue weighted by Crippen LogP contribution is 2.33. The first-order valence-electron chi connectivity index (χ1n) is 6.97. The number of hydrogen-bond donors (Lipinski definition) is 1. The second kappa shape index (κ2) is 4.27. The van der Waals surface area contributed by atoms with E-state index in [2.05, 4.69) is 26.0 Å². The lowest BCUT2D eigenvalue weighted by Crippen LogP contribution is -2.01. The maximum Gasteiger partial charge on any atom is 0.0729 e. The van der Waals surface area contributed by atoms with Crippen LogP contribution in [0.25, 0.3) is 10.9 Å². The number of pyridine rings is 1. The molecule has 18 heavy (non-hydrogen) atoms. The number of aromatic nitrogens is 1. The number of anilines is 1. The van der Waals surface area contributed by atoms with Crippen LogP contribution in [0.4, 0.5) is 5.69 Å². The Morgan fingerprint density at radius 3 is 2.56 bits per heavy atom. The van der Waals surface area contributed by atoms with Gasteiger partial charge in [-0.2, -0.15) is 0 Å². The van der Waals surface area contributed by atoms with Gasteiger partial charge in [0.2, 0.25) is 0 Å². The molecule has 1 heterocycles. The predicted molar refractivity (Wildman–Crippen MR) is 76.9 cm³/mol. The van der Waals surface area contributed by atoms with Crippen LogP contribution in [0.2, 0.25) is 0 Å². The number of nitrogen functional groups attached to an aromatic ring is 1. The topological polar surface area (TPSA) is 38.9 Å². The number of benzene rings is 1. The normalized spacial score (nSPS) is 14.1. The average Bonchev–Trinajstić information content (AvgIpc) is 2.86. The van der Waals surface area contributed by atoms with Gasteiger partial charge in [0.05, 0.1) is 5.52 Å². The van der Waals surface area contributed by atoms with Crippen molar-refractivity contribution in [3.8, 4) is 0 Å². The lowest BCUT2D eigenvalue weighted by molar-refractivity contribution is 0.901. The van der Waals surface area contributed by atoms with Crippen LogP contribution in [0.5, 0.6) is 0 Å². The number of nitrogens with two attached hydrogens (primary N) is 1. The maximum atomic E-state index is 6.35. The first kappa shape index (κ1) is 11.5. The van der Waals surface area contributed by atoms with E-state index < -0.39 is 0 Å². The summed E-state index contributed by atoms with van der Waals surface area (Å²) < 4.78 is 0. The Balaban J connectivity index is 2.33. The second-order valence-electron chi connectivity index (χ2n) is 5.15. The van der Waals surface area contributed by atoms with Crippen LogP contribution in [0, 0.1) is 0 Å². The zero-order chi connectivity index (χ0) is 12.7. The lowest BCUT2D eigenvalue weighted by Gasteiger charge is -2.12. The molecule has 0 aliphatic heterocycles. The van der Waals surface area contributed by atoms with Crippen LogP contribution >= 0.6 is 0 Å². The van der Waals surface area contributed by atoms with E-state index in [9.17, 15) is 0 Å².